The summed E-state index contributed by atoms with van der Waals surface area (Å²) in [6.45, 7) is 0. The summed E-state index contributed by atoms with van der Waals surface area (Å²) in [5.74, 6) is -0.210. The second-order valence-electron chi connectivity index (χ2n) is 5.17. The molecule has 138 valence electrons. The third-order valence-electron chi connectivity index (χ3n) is 3.29. The molecule has 0 unspecified atom stereocenters. The maximum Gasteiger partial charge on any atom is 0.243 e. The van der Waals surface area contributed by atoms with Crippen molar-refractivity contribution in [2.24, 2.45) is 0 Å². The molecular formula is C16H22BrN3O5. The second kappa shape index (κ2) is 11.3. The van der Waals surface area contributed by atoms with Gasteiger partial charge in [-0.05, 0) is 36.6 Å². The summed E-state index contributed by atoms with van der Waals surface area (Å²) >= 11 is 3.33. The lowest BCUT2D eigenvalue weighted by molar-refractivity contribution is -0.129. The molecule has 2 amide bonds. The van der Waals surface area contributed by atoms with Crippen LogP contribution in [0.15, 0.2) is 22.8 Å². The first kappa shape index (κ1) is 20.8. The molecule has 0 aromatic heterocycles. The smallest absolute Gasteiger partial charge is 0.243 e. The van der Waals surface area contributed by atoms with E-state index in [9.17, 15) is 14.7 Å². The van der Waals surface area contributed by atoms with E-state index in [1.165, 1.54) is 13.2 Å². The summed E-state index contributed by atoms with van der Waals surface area (Å²) < 4.78 is 5.72. The van der Waals surface area contributed by atoms with Gasteiger partial charge < -0.3 is 15.3 Å². The number of nitrogens with one attached hydrogen (secondary N) is 3. The number of methoxy groups -OCH3 is 1. The number of hydroxylamine groups is 1. The van der Waals surface area contributed by atoms with Crippen molar-refractivity contribution in [2.75, 3.05) is 7.11 Å². The normalized spacial score (nSPS) is 10.5. The van der Waals surface area contributed by atoms with Crippen LogP contribution in [0.4, 0.5) is 0 Å². The molecule has 9 heteroatoms. The third kappa shape index (κ3) is 7.90. The molecule has 25 heavy (non-hydrogen) atoms. The highest BCUT2D eigenvalue weighted by molar-refractivity contribution is 9.10. The van der Waals surface area contributed by atoms with Crippen molar-refractivity contribution in [3.05, 3.63) is 28.4 Å². The van der Waals surface area contributed by atoms with Crippen molar-refractivity contribution in [3.8, 4) is 11.5 Å². The van der Waals surface area contributed by atoms with Gasteiger partial charge in [0.2, 0.25) is 11.8 Å². The van der Waals surface area contributed by atoms with Crippen molar-refractivity contribution < 1.29 is 24.6 Å². The van der Waals surface area contributed by atoms with E-state index < -0.39 is 5.91 Å². The molecule has 0 saturated carbocycles. The topological polar surface area (TPSA) is 120 Å². The van der Waals surface area contributed by atoms with E-state index >= 15 is 0 Å². The molecule has 0 saturated heterocycles. The van der Waals surface area contributed by atoms with Crippen molar-refractivity contribution in [2.45, 2.75) is 32.1 Å². The molecule has 0 bridgehead atoms. The van der Waals surface area contributed by atoms with Crippen LogP contribution in [0.5, 0.6) is 11.5 Å². The second-order valence-corrected chi connectivity index (χ2v) is 6.02. The number of hydrogen-bond donors (Lipinski definition) is 5. The summed E-state index contributed by atoms with van der Waals surface area (Å²) in [6.07, 6.45) is 5.82. The number of amides is 2. The Labute approximate surface area is 154 Å². The Hall–Kier alpha value is -2.26. The molecule has 1 aromatic carbocycles. The van der Waals surface area contributed by atoms with E-state index in [4.69, 9.17) is 9.94 Å². The average molecular weight is 416 g/mol. The van der Waals surface area contributed by atoms with Crippen LogP contribution >= 0.6 is 15.9 Å². The number of hydrazine groups is 1. The molecule has 0 radical (unpaired) electrons. The van der Waals surface area contributed by atoms with Crippen LogP contribution < -0.4 is 21.1 Å². The van der Waals surface area contributed by atoms with E-state index in [0.717, 1.165) is 12.0 Å². The van der Waals surface area contributed by atoms with Crippen molar-refractivity contribution >= 4 is 33.8 Å². The Morgan fingerprint density at radius 1 is 1.20 bits per heavy atom. The van der Waals surface area contributed by atoms with Crippen LogP contribution in [-0.2, 0) is 9.59 Å². The van der Waals surface area contributed by atoms with Gasteiger partial charge in [0.25, 0.3) is 0 Å². The highest BCUT2D eigenvalue weighted by atomic mass is 79.9. The molecule has 0 fully saturated rings. The van der Waals surface area contributed by atoms with Gasteiger partial charge in [-0.3, -0.25) is 20.2 Å². The van der Waals surface area contributed by atoms with Crippen LogP contribution in [0.3, 0.4) is 0 Å². The predicted octanol–water partition coefficient (Wildman–Crippen LogP) is 2.21. The minimum absolute atomic E-state index is 0.0317. The van der Waals surface area contributed by atoms with Gasteiger partial charge in [-0.1, -0.05) is 22.4 Å². The SMILES string of the molecule is COc1cc(/C=C/NNC(=O)CCCCCC(=O)NO)c(Br)cc1O. The number of ether oxygens (including phenoxy) is 1. The molecule has 1 rings (SSSR count). The summed E-state index contributed by atoms with van der Waals surface area (Å²) in [5.41, 5.74) is 7.54. The minimum Gasteiger partial charge on any atom is -0.504 e. The van der Waals surface area contributed by atoms with Gasteiger partial charge in [0.15, 0.2) is 11.5 Å². The first-order valence-corrected chi connectivity index (χ1v) is 8.47. The fourth-order valence-electron chi connectivity index (χ4n) is 1.97. The fourth-order valence-corrected chi connectivity index (χ4v) is 2.43. The fraction of sp³-hybridized carbons (Fsp3) is 0.375. The number of hydrogen-bond acceptors (Lipinski definition) is 6. The molecule has 0 heterocycles. The average Bonchev–Trinajstić information content (AvgIpc) is 2.59. The number of phenolic OH excluding ortho intramolecular Hbond substituents is 1. The van der Waals surface area contributed by atoms with Gasteiger partial charge in [-0.2, -0.15) is 0 Å². The number of unbranched alkanes of at least 4 members (excludes halogenated alkanes) is 2. The van der Waals surface area contributed by atoms with Gasteiger partial charge in [0, 0.05) is 23.5 Å². The zero-order chi connectivity index (χ0) is 18.7. The molecule has 0 atom stereocenters. The number of carbonyl (C=O) groups excluding carboxylic acids is 2. The lowest BCUT2D eigenvalue weighted by Crippen LogP contribution is -2.33. The number of aromatic hydroxyl groups is 1. The number of carbonyl (C=O) groups is 2. The van der Waals surface area contributed by atoms with E-state index in [2.05, 4.69) is 26.8 Å². The predicted molar refractivity (Wildman–Crippen MR) is 95.7 cm³/mol. The maximum absolute atomic E-state index is 11.6. The third-order valence-corrected chi connectivity index (χ3v) is 3.98. The first-order chi connectivity index (χ1) is 12.0. The highest BCUT2D eigenvalue weighted by Crippen LogP contribution is 2.32. The molecular weight excluding hydrogens is 394 g/mol. The maximum atomic E-state index is 11.6. The number of benzene rings is 1. The summed E-state index contributed by atoms with van der Waals surface area (Å²) in [4.78, 5) is 22.4. The zero-order valence-corrected chi connectivity index (χ0v) is 15.4. The Morgan fingerprint density at radius 3 is 2.52 bits per heavy atom. The van der Waals surface area contributed by atoms with Crippen LogP contribution in [-0.4, -0.2) is 29.2 Å². The Morgan fingerprint density at radius 2 is 1.88 bits per heavy atom. The van der Waals surface area contributed by atoms with E-state index in [1.54, 1.807) is 23.8 Å². The quantitative estimate of drug-likeness (QED) is 0.227. The van der Waals surface area contributed by atoms with E-state index in [0.29, 0.717) is 29.5 Å². The number of halogens is 1. The molecule has 0 aliphatic carbocycles. The van der Waals surface area contributed by atoms with Gasteiger partial charge in [-0.15, -0.1) is 0 Å². The van der Waals surface area contributed by atoms with Crippen molar-refractivity contribution in [1.82, 2.24) is 16.3 Å². The van der Waals surface area contributed by atoms with Crippen molar-refractivity contribution in [3.63, 3.8) is 0 Å². The molecule has 0 aliphatic rings. The first-order valence-electron chi connectivity index (χ1n) is 7.68. The molecule has 1 aromatic rings. The van der Waals surface area contributed by atoms with E-state index in [1.807, 2.05) is 0 Å². The molecule has 5 N–H and O–H groups in total. The lowest BCUT2D eigenvalue weighted by atomic mass is 10.1. The van der Waals surface area contributed by atoms with Crippen LogP contribution in [0.2, 0.25) is 0 Å². The number of phenols is 1. The minimum atomic E-state index is -0.423. The van der Waals surface area contributed by atoms with Crippen molar-refractivity contribution in [1.29, 1.82) is 0 Å². The Bertz CT molecular complexity index is 622. The summed E-state index contributed by atoms with van der Waals surface area (Å²) in [5, 5.41) is 18.0. The largest absolute Gasteiger partial charge is 0.504 e. The highest BCUT2D eigenvalue weighted by Gasteiger charge is 2.06. The summed E-state index contributed by atoms with van der Waals surface area (Å²) in [7, 11) is 1.46. The van der Waals surface area contributed by atoms with E-state index in [-0.39, 0.29) is 18.1 Å². The standard InChI is InChI=1S/C16H22BrN3O5/c1-25-14-9-11(12(17)10-13(14)21)7-8-18-19-15(22)5-3-2-4-6-16(23)20-24/h7-10,18,21,24H,2-6H2,1H3,(H,19,22)(H,20,23)/b8-7+. The number of rotatable bonds is 10. The Kier molecular flexibility index (Phi) is 9.41. The monoisotopic (exact) mass is 415 g/mol. The lowest BCUT2D eigenvalue weighted by Gasteiger charge is -2.07. The molecule has 0 spiro atoms. The summed E-state index contributed by atoms with van der Waals surface area (Å²) in [6, 6.07) is 3.18. The molecule has 0 aliphatic heterocycles. The van der Waals surface area contributed by atoms with Gasteiger partial charge in [0.05, 0.1) is 7.11 Å². The van der Waals surface area contributed by atoms with Gasteiger partial charge >= 0.3 is 0 Å². The zero-order valence-electron chi connectivity index (χ0n) is 13.8. The van der Waals surface area contributed by atoms with Gasteiger partial charge in [0.1, 0.15) is 0 Å². The Balaban J connectivity index is 2.29. The van der Waals surface area contributed by atoms with Crippen LogP contribution in [0, 0.1) is 0 Å². The van der Waals surface area contributed by atoms with Gasteiger partial charge in [-0.25, -0.2) is 5.48 Å². The molecule has 8 nitrogen and oxygen atoms in total. The van der Waals surface area contributed by atoms with Crippen LogP contribution in [0.1, 0.15) is 37.7 Å². The van der Waals surface area contributed by atoms with Crippen LogP contribution in [0.25, 0.3) is 6.08 Å².